The van der Waals surface area contributed by atoms with Crippen LogP contribution >= 0.6 is 0 Å². The van der Waals surface area contributed by atoms with E-state index in [9.17, 15) is 13.6 Å². The van der Waals surface area contributed by atoms with Gasteiger partial charge in [-0.15, -0.1) is 0 Å². The molecule has 4 aromatic heterocycles. The van der Waals surface area contributed by atoms with Gasteiger partial charge in [0, 0.05) is 44.9 Å². The number of nitrogens with zero attached hydrogens (tertiary/aromatic N) is 9. The zero-order valence-corrected chi connectivity index (χ0v) is 25.4. The molecule has 12 nitrogen and oxygen atoms in total. The molecule has 2 aromatic carbocycles. The number of halogens is 2. The Kier molecular flexibility index (Phi) is 6.47. The van der Waals surface area contributed by atoms with Gasteiger partial charge < -0.3 is 24.4 Å². The number of pyridine rings is 1. The summed E-state index contributed by atoms with van der Waals surface area (Å²) in [5.74, 6) is -0.664. The van der Waals surface area contributed by atoms with Crippen LogP contribution in [0.4, 0.5) is 20.4 Å². The van der Waals surface area contributed by atoms with Crippen molar-refractivity contribution in [2.75, 3.05) is 37.5 Å². The van der Waals surface area contributed by atoms with E-state index in [-0.39, 0.29) is 43.1 Å². The Labute approximate surface area is 270 Å². The molecule has 6 heterocycles. The first-order valence-corrected chi connectivity index (χ1v) is 15.1. The maximum atomic E-state index is 14.8. The van der Waals surface area contributed by atoms with Crippen molar-refractivity contribution in [1.29, 1.82) is 0 Å². The highest BCUT2D eigenvalue weighted by molar-refractivity contribution is 5.93. The normalized spacial score (nSPS) is 20.6. The minimum absolute atomic E-state index is 0.00977. The van der Waals surface area contributed by atoms with Crippen molar-refractivity contribution in [3.63, 3.8) is 0 Å². The minimum Gasteiger partial charge on any atom is -0.378 e. The molecule has 2 aliphatic heterocycles. The Balaban J connectivity index is 1.22. The number of likely N-dealkylation sites (N-methyl/N-ethyl adjacent to an activating group) is 1. The second-order valence-electron chi connectivity index (χ2n) is 11.7. The summed E-state index contributed by atoms with van der Waals surface area (Å²) < 4.78 is 54.5. The van der Waals surface area contributed by atoms with Gasteiger partial charge >= 0.3 is 0 Å². The fourth-order valence-electron chi connectivity index (χ4n) is 6.57. The molecule has 14 heteroatoms. The summed E-state index contributed by atoms with van der Waals surface area (Å²) in [7, 11) is 3.28. The van der Waals surface area contributed by atoms with Crippen LogP contribution in [0.15, 0.2) is 73.4 Å². The number of anilines is 2. The van der Waals surface area contributed by atoms with Gasteiger partial charge in [0.15, 0.2) is 11.5 Å². The number of ether oxygens (including phenoxy) is 1. The van der Waals surface area contributed by atoms with Crippen molar-refractivity contribution in [2.24, 2.45) is 0 Å². The van der Waals surface area contributed by atoms with Crippen LogP contribution in [0.3, 0.4) is 0 Å². The molecule has 0 saturated carbocycles. The number of fused-ring (bicyclic) bond motifs is 6. The van der Waals surface area contributed by atoms with Crippen LogP contribution in [0.2, 0.25) is 0 Å². The molecule has 238 valence electrons. The predicted molar refractivity (Wildman–Crippen MR) is 171 cm³/mol. The first kappa shape index (κ1) is 26.7. The standard InChI is InChI=1S/C33H30F2N10O2/c1-42-15-21(47-2)16-43-18-38-26-7-3-5-22(30(26)43)25-6-4-8-29(41-25)40-20-12-28(33(42)46)44(14-20)31-23-13-39-45(32(23)37-17-36-31)27-10-9-19(34)11-24(27)35/h3-11,13,17-18,20-21,28H,12,14-16H2,1-2H3,(H,40,41)/t20-,21?,28-/m0/s1/i3D,18D. The number of hydrogen-bond donors (Lipinski definition) is 1. The summed E-state index contributed by atoms with van der Waals surface area (Å²) in [6.45, 7) is 0.817. The molecule has 3 atom stereocenters. The Hall–Kier alpha value is -5.50. The molecule has 6 aromatic rings. The molecule has 1 unspecified atom stereocenters. The molecule has 0 radical (unpaired) electrons. The molecule has 1 saturated heterocycles. The van der Waals surface area contributed by atoms with Gasteiger partial charge in [0.05, 0.1) is 48.6 Å². The van der Waals surface area contributed by atoms with Crippen LogP contribution in [0, 0.1) is 11.6 Å². The maximum Gasteiger partial charge on any atom is 0.245 e. The lowest BCUT2D eigenvalue weighted by Gasteiger charge is -2.30. The van der Waals surface area contributed by atoms with Gasteiger partial charge in [0.25, 0.3) is 0 Å². The van der Waals surface area contributed by atoms with Gasteiger partial charge in [-0.05, 0) is 36.8 Å². The van der Waals surface area contributed by atoms with E-state index in [1.54, 1.807) is 35.8 Å². The number of carbonyl (C=O) groups is 1. The summed E-state index contributed by atoms with van der Waals surface area (Å²) >= 11 is 0. The van der Waals surface area contributed by atoms with E-state index >= 15 is 0 Å². The number of benzene rings is 2. The number of nitrogens with one attached hydrogen (secondary N) is 1. The fraction of sp³-hybridized carbons (Fsp3) is 0.273. The van der Waals surface area contributed by atoms with Gasteiger partial charge in [0.1, 0.15) is 36.9 Å². The quantitative estimate of drug-likeness (QED) is 0.306. The average molecular weight is 639 g/mol. The van der Waals surface area contributed by atoms with Gasteiger partial charge in [-0.25, -0.2) is 33.4 Å². The molecular weight excluding hydrogens is 606 g/mol. The Morgan fingerprint density at radius 3 is 2.81 bits per heavy atom. The number of methoxy groups -OCH3 is 1. The van der Waals surface area contributed by atoms with E-state index in [0.717, 1.165) is 12.1 Å². The smallest absolute Gasteiger partial charge is 0.245 e. The van der Waals surface area contributed by atoms with E-state index < -0.39 is 23.8 Å². The van der Waals surface area contributed by atoms with Crippen LogP contribution in [0.25, 0.3) is 39.0 Å². The molecule has 1 amide bonds. The van der Waals surface area contributed by atoms with Gasteiger partial charge in [-0.2, -0.15) is 5.10 Å². The molecule has 1 N–H and O–H groups in total. The van der Waals surface area contributed by atoms with E-state index in [1.165, 1.54) is 23.3 Å². The number of carbonyl (C=O) groups excluding carboxylic acids is 1. The summed E-state index contributed by atoms with van der Waals surface area (Å²) in [4.78, 5) is 36.1. The fourth-order valence-corrected chi connectivity index (χ4v) is 6.57. The number of para-hydroxylation sites is 1. The monoisotopic (exact) mass is 638 g/mol. The first-order valence-electron chi connectivity index (χ1n) is 16.1. The highest BCUT2D eigenvalue weighted by Gasteiger charge is 2.40. The third-order valence-electron chi connectivity index (χ3n) is 8.80. The van der Waals surface area contributed by atoms with Gasteiger partial charge in [0.2, 0.25) is 5.91 Å². The third-order valence-corrected chi connectivity index (χ3v) is 8.80. The van der Waals surface area contributed by atoms with E-state index in [1.807, 2.05) is 23.1 Å². The van der Waals surface area contributed by atoms with Crippen molar-refractivity contribution < 1.29 is 21.1 Å². The molecule has 4 bridgehead atoms. The van der Waals surface area contributed by atoms with Crippen LogP contribution in [-0.4, -0.2) is 90.5 Å². The maximum absolute atomic E-state index is 14.8. The zero-order chi connectivity index (χ0) is 34.0. The summed E-state index contributed by atoms with van der Waals surface area (Å²) in [5.41, 5.74) is 2.76. The van der Waals surface area contributed by atoms with Gasteiger partial charge in [-0.1, -0.05) is 18.2 Å². The topological polar surface area (TPSA) is 119 Å². The lowest BCUT2D eigenvalue weighted by atomic mass is 10.1. The molecule has 0 aliphatic carbocycles. The van der Waals surface area contributed by atoms with Crippen molar-refractivity contribution >= 4 is 39.6 Å². The molecule has 2 aliphatic rings. The van der Waals surface area contributed by atoms with E-state index in [4.69, 9.17) is 12.5 Å². The number of rotatable bonds is 3. The van der Waals surface area contributed by atoms with E-state index in [0.29, 0.717) is 57.9 Å². The zero-order valence-electron chi connectivity index (χ0n) is 27.4. The predicted octanol–water partition coefficient (Wildman–Crippen LogP) is 4.05. The molecular formula is C33H30F2N10O2. The van der Waals surface area contributed by atoms with Crippen LogP contribution < -0.4 is 10.2 Å². The Morgan fingerprint density at radius 2 is 1.96 bits per heavy atom. The third kappa shape index (κ3) is 5.01. The second-order valence-corrected chi connectivity index (χ2v) is 11.7. The van der Waals surface area contributed by atoms with Crippen molar-refractivity contribution in [2.45, 2.75) is 31.2 Å². The second kappa shape index (κ2) is 11.4. The average Bonchev–Trinajstić information content (AvgIpc) is 3.78. The Bertz CT molecular complexity index is 2260. The molecule has 47 heavy (non-hydrogen) atoms. The van der Waals surface area contributed by atoms with Crippen LogP contribution in [-0.2, 0) is 16.1 Å². The largest absolute Gasteiger partial charge is 0.378 e. The minimum atomic E-state index is -0.795. The Morgan fingerprint density at radius 1 is 1.06 bits per heavy atom. The number of imidazole rings is 1. The highest BCUT2D eigenvalue weighted by Crippen LogP contribution is 2.34. The molecule has 8 rings (SSSR count). The summed E-state index contributed by atoms with van der Waals surface area (Å²) in [5, 5.41) is 8.35. The van der Waals surface area contributed by atoms with Crippen LogP contribution in [0.1, 0.15) is 9.16 Å². The number of amides is 1. The van der Waals surface area contributed by atoms with E-state index in [2.05, 4.69) is 25.4 Å². The lowest BCUT2D eigenvalue weighted by molar-refractivity contribution is -0.132. The first-order chi connectivity index (χ1) is 23.7. The molecule has 1 fully saturated rings. The number of aromatic nitrogens is 7. The van der Waals surface area contributed by atoms with Crippen molar-refractivity contribution in [3.05, 3.63) is 85.0 Å². The summed E-state index contributed by atoms with van der Waals surface area (Å²) in [6, 6.07) is 11.5. The SMILES string of the molecule is [2H]c1cc2c3c(c1)nc([2H])n3CC(OC)CN(C)C(=O)[C@@H]1C[C@@H](CN1c1ncnc3c1cnn3-c1ccc(F)cc1F)Nc1cccc-2n1. The van der Waals surface area contributed by atoms with Gasteiger partial charge in [-0.3, -0.25) is 4.79 Å². The summed E-state index contributed by atoms with van der Waals surface area (Å²) in [6.07, 6.45) is 2.77. The highest BCUT2D eigenvalue weighted by atomic mass is 19.1. The van der Waals surface area contributed by atoms with Crippen molar-refractivity contribution in [1.82, 2.24) is 39.2 Å². The number of hydrogen-bond acceptors (Lipinski definition) is 9. The lowest BCUT2D eigenvalue weighted by Crippen LogP contribution is -2.47. The van der Waals surface area contributed by atoms with Crippen molar-refractivity contribution in [3.8, 4) is 16.9 Å². The molecule has 0 spiro atoms. The van der Waals surface area contributed by atoms with Crippen LogP contribution in [0.5, 0.6) is 0 Å².